The number of nitrogens with zero attached hydrogens (tertiary/aromatic N) is 1. The van der Waals surface area contributed by atoms with Crippen molar-refractivity contribution in [2.24, 2.45) is 11.8 Å². The van der Waals surface area contributed by atoms with E-state index in [0.29, 0.717) is 0 Å². The number of hydrogen-bond donors (Lipinski definition) is 2. The topological polar surface area (TPSA) is 90.5 Å². The normalized spacial score (nSPS) is 26.2. The Labute approximate surface area is 99.3 Å². The average Bonchev–Trinajstić information content (AvgIpc) is 2.84. The predicted molar refractivity (Wildman–Crippen MR) is 59.8 cm³/mol. The molecule has 1 fully saturated rings. The molecule has 2 unspecified atom stereocenters. The van der Waals surface area contributed by atoms with Gasteiger partial charge in [-0.25, -0.2) is 8.42 Å². The fraction of sp³-hybridized carbons (Fsp3) is 0.500. The molecular weight excluding hydrogens is 244 g/mol. The number of H-pyrrole nitrogens is 1. The van der Waals surface area contributed by atoms with Crippen LogP contribution in [0.15, 0.2) is 23.4 Å². The van der Waals surface area contributed by atoms with Gasteiger partial charge in [0.1, 0.15) is 0 Å². The van der Waals surface area contributed by atoms with Crippen LogP contribution in [0.4, 0.5) is 0 Å². The Bertz CT molecular complexity index is 508. The van der Waals surface area contributed by atoms with E-state index in [0.717, 1.165) is 0 Å². The maximum absolute atomic E-state index is 12.1. The number of carbonyl (C=O) groups is 1. The van der Waals surface area contributed by atoms with Crippen molar-refractivity contribution in [2.75, 3.05) is 13.1 Å². The van der Waals surface area contributed by atoms with Crippen LogP contribution in [0, 0.1) is 11.8 Å². The highest BCUT2D eigenvalue weighted by atomic mass is 32.2. The molecule has 1 aliphatic heterocycles. The molecule has 6 nitrogen and oxygen atoms in total. The van der Waals surface area contributed by atoms with Crippen LogP contribution in [0.5, 0.6) is 0 Å². The largest absolute Gasteiger partial charge is 0.481 e. The van der Waals surface area contributed by atoms with Crippen LogP contribution in [-0.4, -0.2) is 41.9 Å². The first-order chi connectivity index (χ1) is 7.93. The standard InChI is InChI=1S/C10H14N2O4S/c1-7-5-12(6-9(7)10(13)14)17(15,16)8-2-3-11-4-8/h2-4,7,9,11H,5-6H2,1H3,(H,13,14). The van der Waals surface area contributed by atoms with E-state index in [1.807, 2.05) is 0 Å². The molecule has 1 saturated heterocycles. The Morgan fingerprint density at radius 1 is 1.53 bits per heavy atom. The first-order valence-corrected chi connectivity index (χ1v) is 6.72. The van der Waals surface area contributed by atoms with Gasteiger partial charge in [0.25, 0.3) is 0 Å². The monoisotopic (exact) mass is 258 g/mol. The maximum Gasteiger partial charge on any atom is 0.308 e. The second kappa shape index (κ2) is 4.15. The summed E-state index contributed by atoms with van der Waals surface area (Å²) in [5.41, 5.74) is 0. The van der Waals surface area contributed by atoms with Crippen LogP contribution in [0.3, 0.4) is 0 Å². The summed E-state index contributed by atoms with van der Waals surface area (Å²) in [6, 6.07) is 1.47. The number of hydrogen-bond acceptors (Lipinski definition) is 3. The van der Waals surface area contributed by atoms with E-state index >= 15 is 0 Å². The highest BCUT2D eigenvalue weighted by Gasteiger charge is 2.40. The van der Waals surface area contributed by atoms with Crippen molar-refractivity contribution >= 4 is 16.0 Å². The van der Waals surface area contributed by atoms with Gasteiger partial charge in [-0.1, -0.05) is 6.92 Å². The molecule has 0 saturated carbocycles. The van der Waals surface area contributed by atoms with E-state index in [1.54, 1.807) is 6.92 Å². The third-order valence-electron chi connectivity index (χ3n) is 3.10. The SMILES string of the molecule is CC1CN(S(=O)(=O)c2cc[nH]c2)CC1C(=O)O. The van der Waals surface area contributed by atoms with Gasteiger partial charge >= 0.3 is 5.97 Å². The number of carboxylic acid groups (broad SMARTS) is 1. The van der Waals surface area contributed by atoms with Gasteiger partial charge in [0.15, 0.2) is 0 Å². The smallest absolute Gasteiger partial charge is 0.308 e. The summed E-state index contributed by atoms with van der Waals surface area (Å²) in [5, 5.41) is 8.97. The summed E-state index contributed by atoms with van der Waals surface area (Å²) in [5.74, 6) is -1.73. The first kappa shape index (κ1) is 12.1. The lowest BCUT2D eigenvalue weighted by Gasteiger charge is -2.14. The second-order valence-electron chi connectivity index (χ2n) is 4.29. The summed E-state index contributed by atoms with van der Waals surface area (Å²) in [6.07, 6.45) is 2.93. The van der Waals surface area contributed by atoms with Gasteiger partial charge in [0.2, 0.25) is 10.0 Å². The number of nitrogens with one attached hydrogen (secondary N) is 1. The molecule has 0 bridgehead atoms. The molecule has 2 N–H and O–H groups in total. The Hall–Kier alpha value is -1.34. The quantitative estimate of drug-likeness (QED) is 0.818. The van der Waals surface area contributed by atoms with E-state index < -0.39 is 21.9 Å². The molecule has 2 rings (SSSR count). The number of carboxylic acids is 1. The number of aromatic nitrogens is 1. The van der Waals surface area contributed by atoms with Gasteiger partial charge in [0, 0.05) is 25.5 Å². The second-order valence-corrected chi connectivity index (χ2v) is 6.23. The van der Waals surface area contributed by atoms with Crippen molar-refractivity contribution in [2.45, 2.75) is 11.8 Å². The van der Waals surface area contributed by atoms with Crippen molar-refractivity contribution in [3.05, 3.63) is 18.5 Å². The van der Waals surface area contributed by atoms with Crippen LogP contribution in [-0.2, 0) is 14.8 Å². The minimum Gasteiger partial charge on any atom is -0.481 e. The third kappa shape index (κ3) is 2.07. The fourth-order valence-electron chi connectivity index (χ4n) is 2.06. The Kier molecular flexibility index (Phi) is 2.96. The molecule has 1 aromatic heterocycles. The minimum atomic E-state index is -3.56. The molecule has 94 valence electrons. The lowest BCUT2D eigenvalue weighted by molar-refractivity contribution is -0.142. The molecular formula is C10H14N2O4S. The average molecular weight is 258 g/mol. The number of rotatable bonds is 3. The summed E-state index contributed by atoms with van der Waals surface area (Å²) < 4.78 is 25.5. The van der Waals surface area contributed by atoms with E-state index in [9.17, 15) is 13.2 Å². The summed E-state index contributed by atoms with van der Waals surface area (Å²) in [4.78, 5) is 13.8. The van der Waals surface area contributed by atoms with Crippen molar-refractivity contribution in [1.29, 1.82) is 0 Å². The molecule has 0 radical (unpaired) electrons. The van der Waals surface area contributed by atoms with E-state index in [-0.39, 0.29) is 23.9 Å². The summed E-state index contributed by atoms with van der Waals surface area (Å²) >= 11 is 0. The van der Waals surface area contributed by atoms with Crippen molar-refractivity contribution in [3.8, 4) is 0 Å². The van der Waals surface area contributed by atoms with Gasteiger partial charge in [-0.2, -0.15) is 4.31 Å². The molecule has 0 amide bonds. The molecule has 0 aromatic carbocycles. The zero-order valence-electron chi connectivity index (χ0n) is 9.33. The Morgan fingerprint density at radius 3 is 2.71 bits per heavy atom. The number of aromatic amines is 1. The molecule has 0 aliphatic carbocycles. The predicted octanol–water partition coefficient (Wildman–Crippen LogP) is 0.356. The highest BCUT2D eigenvalue weighted by molar-refractivity contribution is 7.89. The van der Waals surface area contributed by atoms with Crippen LogP contribution in [0.25, 0.3) is 0 Å². The Morgan fingerprint density at radius 2 is 2.24 bits per heavy atom. The zero-order valence-corrected chi connectivity index (χ0v) is 10.1. The van der Waals surface area contributed by atoms with Gasteiger partial charge in [-0.05, 0) is 12.0 Å². The summed E-state index contributed by atoms with van der Waals surface area (Å²) in [6.45, 7) is 2.06. The molecule has 17 heavy (non-hydrogen) atoms. The van der Waals surface area contributed by atoms with E-state index in [1.165, 1.54) is 22.8 Å². The molecule has 1 aliphatic rings. The number of aliphatic carboxylic acids is 1. The molecule has 7 heteroatoms. The van der Waals surface area contributed by atoms with Crippen LogP contribution in [0.2, 0.25) is 0 Å². The van der Waals surface area contributed by atoms with Crippen LogP contribution in [0.1, 0.15) is 6.92 Å². The van der Waals surface area contributed by atoms with E-state index in [4.69, 9.17) is 5.11 Å². The lowest BCUT2D eigenvalue weighted by atomic mass is 9.99. The van der Waals surface area contributed by atoms with Crippen molar-refractivity contribution in [1.82, 2.24) is 9.29 Å². The summed E-state index contributed by atoms with van der Waals surface area (Å²) in [7, 11) is -3.56. The first-order valence-electron chi connectivity index (χ1n) is 5.28. The molecule has 1 aromatic rings. The van der Waals surface area contributed by atoms with Crippen LogP contribution >= 0.6 is 0 Å². The van der Waals surface area contributed by atoms with Gasteiger partial charge in [0.05, 0.1) is 10.8 Å². The molecule has 2 heterocycles. The Balaban J connectivity index is 2.24. The van der Waals surface area contributed by atoms with E-state index in [2.05, 4.69) is 4.98 Å². The highest BCUT2D eigenvalue weighted by Crippen LogP contribution is 2.28. The molecule has 0 spiro atoms. The number of sulfonamides is 1. The fourth-order valence-corrected chi connectivity index (χ4v) is 3.60. The van der Waals surface area contributed by atoms with Gasteiger partial charge in [-0.15, -0.1) is 0 Å². The maximum atomic E-state index is 12.1. The van der Waals surface area contributed by atoms with Crippen molar-refractivity contribution < 1.29 is 18.3 Å². The lowest BCUT2D eigenvalue weighted by Crippen LogP contribution is -2.29. The van der Waals surface area contributed by atoms with Crippen LogP contribution < -0.4 is 0 Å². The minimum absolute atomic E-state index is 0.0456. The molecule has 2 atom stereocenters. The van der Waals surface area contributed by atoms with Gasteiger partial charge in [-0.3, -0.25) is 4.79 Å². The van der Waals surface area contributed by atoms with Crippen molar-refractivity contribution in [3.63, 3.8) is 0 Å². The third-order valence-corrected chi connectivity index (χ3v) is 4.93. The zero-order chi connectivity index (χ0) is 12.6. The van der Waals surface area contributed by atoms with Gasteiger partial charge < -0.3 is 10.1 Å².